The highest BCUT2D eigenvalue weighted by atomic mass is 32.1. The van der Waals surface area contributed by atoms with Gasteiger partial charge in [-0.3, -0.25) is 9.59 Å². The van der Waals surface area contributed by atoms with Gasteiger partial charge in [-0.25, -0.2) is 4.98 Å². The van der Waals surface area contributed by atoms with Crippen LogP contribution in [0, 0.1) is 17.8 Å². The predicted octanol–water partition coefficient (Wildman–Crippen LogP) is 3.29. The van der Waals surface area contributed by atoms with E-state index in [4.69, 9.17) is 0 Å². The van der Waals surface area contributed by atoms with Gasteiger partial charge in [0, 0.05) is 31.5 Å². The van der Waals surface area contributed by atoms with E-state index in [-0.39, 0.29) is 17.9 Å². The summed E-state index contributed by atoms with van der Waals surface area (Å²) in [7, 11) is 0. The number of nitrogens with one attached hydrogen (secondary N) is 2. The van der Waals surface area contributed by atoms with Crippen molar-refractivity contribution in [2.45, 2.75) is 58.9 Å². The summed E-state index contributed by atoms with van der Waals surface area (Å²) in [5, 5.41) is 9.13. The second-order valence-electron chi connectivity index (χ2n) is 7.23. The molecular weight excluding hydrogens is 322 g/mol. The van der Waals surface area contributed by atoms with Gasteiger partial charge in [0.15, 0.2) is 0 Å². The van der Waals surface area contributed by atoms with Crippen molar-refractivity contribution in [1.29, 1.82) is 0 Å². The quantitative estimate of drug-likeness (QED) is 0.792. The molecule has 0 spiro atoms. The van der Waals surface area contributed by atoms with Crippen molar-refractivity contribution in [2.75, 3.05) is 6.54 Å². The maximum absolute atomic E-state index is 12.3. The number of carbonyl (C=O) groups excluding carboxylic acids is 2. The molecule has 1 aliphatic carbocycles. The highest BCUT2D eigenvalue weighted by molar-refractivity contribution is 7.09. The fourth-order valence-electron chi connectivity index (χ4n) is 3.39. The standard InChI is InChI=1S/C18H29N3O2S/c1-12(2)10-16(23)21-17(18-19-8-9-24-18)15-6-4-14(5-7-15)11-20-13(3)22/h8-9,12,14-15,17H,4-7,10-11H2,1-3H3,(H,20,22)(H,21,23)/t14?,15?,17-/m0/s1. The topological polar surface area (TPSA) is 71.1 Å². The van der Waals surface area contributed by atoms with Gasteiger partial charge < -0.3 is 10.6 Å². The van der Waals surface area contributed by atoms with E-state index < -0.39 is 0 Å². The summed E-state index contributed by atoms with van der Waals surface area (Å²) in [5.41, 5.74) is 0. The molecule has 1 saturated carbocycles. The maximum atomic E-state index is 12.3. The monoisotopic (exact) mass is 351 g/mol. The van der Waals surface area contributed by atoms with Crippen LogP contribution >= 0.6 is 11.3 Å². The lowest BCUT2D eigenvalue weighted by molar-refractivity contribution is -0.123. The summed E-state index contributed by atoms with van der Waals surface area (Å²) in [5.74, 6) is 1.49. The maximum Gasteiger partial charge on any atom is 0.220 e. The van der Waals surface area contributed by atoms with Crippen LogP contribution in [0.25, 0.3) is 0 Å². The minimum Gasteiger partial charge on any atom is -0.356 e. The fourth-order valence-corrected chi connectivity index (χ4v) is 4.17. The molecule has 0 aliphatic heterocycles. The summed E-state index contributed by atoms with van der Waals surface area (Å²) in [6, 6.07) is 0.0259. The Morgan fingerprint density at radius 2 is 2.00 bits per heavy atom. The summed E-state index contributed by atoms with van der Waals surface area (Å²) in [6.45, 7) is 6.45. The second-order valence-corrected chi connectivity index (χ2v) is 8.16. The van der Waals surface area contributed by atoms with Crippen LogP contribution in [0.3, 0.4) is 0 Å². The zero-order chi connectivity index (χ0) is 17.5. The number of hydrogen-bond donors (Lipinski definition) is 2. The smallest absolute Gasteiger partial charge is 0.220 e. The Balaban J connectivity index is 1.94. The molecule has 2 N–H and O–H groups in total. The minimum atomic E-state index is 0.0259. The largest absolute Gasteiger partial charge is 0.356 e. The van der Waals surface area contributed by atoms with Gasteiger partial charge in [-0.15, -0.1) is 11.3 Å². The summed E-state index contributed by atoms with van der Waals surface area (Å²) in [4.78, 5) is 27.8. The van der Waals surface area contributed by atoms with Crippen molar-refractivity contribution in [2.24, 2.45) is 17.8 Å². The molecule has 2 amide bonds. The van der Waals surface area contributed by atoms with E-state index in [1.807, 2.05) is 11.6 Å². The molecule has 1 heterocycles. The molecule has 0 aromatic carbocycles. The lowest BCUT2D eigenvalue weighted by atomic mass is 9.78. The third-order valence-electron chi connectivity index (χ3n) is 4.63. The number of rotatable bonds is 7. The van der Waals surface area contributed by atoms with Crippen LogP contribution < -0.4 is 10.6 Å². The molecule has 2 rings (SSSR count). The van der Waals surface area contributed by atoms with Crippen LogP contribution in [-0.4, -0.2) is 23.3 Å². The Bertz CT molecular complexity index is 522. The van der Waals surface area contributed by atoms with E-state index in [0.29, 0.717) is 24.2 Å². The summed E-state index contributed by atoms with van der Waals surface area (Å²) < 4.78 is 0. The lowest BCUT2D eigenvalue weighted by Crippen LogP contribution is -2.37. The van der Waals surface area contributed by atoms with E-state index in [1.165, 1.54) is 0 Å². The molecule has 1 aromatic heterocycles. The van der Waals surface area contributed by atoms with E-state index in [0.717, 1.165) is 37.2 Å². The number of aromatic nitrogens is 1. The average Bonchev–Trinajstić information content (AvgIpc) is 3.04. The van der Waals surface area contributed by atoms with Gasteiger partial charge in [0.25, 0.3) is 0 Å². The van der Waals surface area contributed by atoms with Gasteiger partial charge >= 0.3 is 0 Å². The van der Waals surface area contributed by atoms with Gasteiger partial charge in [0.1, 0.15) is 5.01 Å². The van der Waals surface area contributed by atoms with Crippen LogP contribution in [-0.2, 0) is 9.59 Å². The van der Waals surface area contributed by atoms with Crippen LogP contribution in [0.2, 0.25) is 0 Å². The van der Waals surface area contributed by atoms with Gasteiger partial charge in [-0.05, 0) is 43.4 Å². The first-order valence-corrected chi connectivity index (χ1v) is 9.76. The number of hydrogen-bond acceptors (Lipinski definition) is 4. The SMILES string of the molecule is CC(=O)NCC1CCC([C@H](NC(=O)CC(C)C)c2nccs2)CC1. The van der Waals surface area contributed by atoms with Gasteiger partial charge in [0.2, 0.25) is 11.8 Å². The Hall–Kier alpha value is -1.43. The van der Waals surface area contributed by atoms with Crippen molar-refractivity contribution >= 4 is 23.2 Å². The zero-order valence-corrected chi connectivity index (χ0v) is 15.7. The first-order chi connectivity index (χ1) is 11.5. The molecule has 1 aliphatic rings. The normalized spacial score (nSPS) is 22.2. The first-order valence-electron chi connectivity index (χ1n) is 8.89. The molecule has 0 unspecified atom stereocenters. The van der Waals surface area contributed by atoms with Gasteiger partial charge in [-0.2, -0.15) is 0 Å². The van der Waals surface area contributed by atoms with Crippen molar-refractivity contribution in [3.8, 4) is 0 Å². The molecule has 5 nitrogen and oxygen atoms in total. The van der Waals surface area contributed by atoms with Crippen molar-refractivity contribution in [3.05, 3.63) is 16.6 Å². The van der Waals surface area contributed by atoms with Crippen molar-refractivity contribution < 1.29 is 9.59 Å². The average molecular weight is 352 g/mol. The Kier molecular flexibility index (Phi) is 7.21. The van der Waals surface area contributed by atoms with Crippen molar-refractivity contribution in [1.82, 2.24) is 15.6 Å². The minimum absolute atomic E-state index is 0.0259. The highest BCUT2D eigenvalue weighted by Gasteiger charge is 2.31. The molecule has 6 heteroatoms. The van der Waals surface area contributed by atoms with Crippen molar-refractivity contribution in [3.63, 3.8) is 0 Å². The third-order valence-corrected chi connectivity index (χ3v) is 5.49. The lowest BCUT2D eigenvalue weighted by Gasteiger charge is -2.33. The molecule has 1 fully saturated rings. The molecule has 24 heavy (non-hydrogen) atoms. The number of nitrogens with zero attached hydrogens (tertiary/aromatic N) is 1. The third kappa shape index (κ3) is 5.89. The van der Waals surface area contributed by atoms with Gasteiger partial charge in [-0.1, -0.05) is 13.8 Å². The van der Waals surface area contributed by atoms with E-state index in [2.05, 4.69) is 29.5 Å². The van der Waals surface area contributed by atoms with E-state index >= 15 is 0 Å². The Labute approximate surface area is 148 Å². The van der Waals surface area contributed by atoms with E-state index in [1.54, 1.807) is 18.3 Å². The van der Waals surface area contributed by atoms with Crippen LogP contribution in [0.5, 0.6) is 0 Å². The Morgan fingerprint density at radius 1 is 1.29 bits per heavy atom. The summed E-state index contributed by atoms with van der Waals surface area (Å²) in [6.07, 6.45) is 6.68. The van der Waals surface area contributed by atoms with Crippen LogP contribution in [0.1, 0.15) is 63.9 Å². The molecule has 0 saturated heterocycles. The molecule has 1 aromatic rings. The zero-order valence-electron chi connectivity index (χ0n) is 14.9. The summed E-state index contributed by atoms with van der Waals surface area (Å²) >= 11 is 1.62. The fraction of sp³-hybridized carbons (Fsp3) is 0.722. The van der Waals surface area contributed by atoms with Crippen LogP contribution in [0.4, 0.5) is 0 Å². The molecule has 134 valence electrons. The number of thiazole rings is 1. The second kappa shape index (κ2) is 9.16. The molecule has 0 radical (unpaired) electrons. The van der Waals surface area contributed by atoms with Crippen LogP contribution in [0.15, 0.2) is 11.6 Å². The number of amides is 2. The first kappa shape index (κ1) is 18.9. The van der Waals surface area contributed by atoms with E-state index in [9.17, 15) is 9.59 Å². The molecular formula is C18H29N3O2S. The molecule has 0 bridgehead atoms. The highest BCUT2D eigenvalue weighted by Crippen LogP contribution is 2.37. The van der Waals surface area contributed by atoms with Gasteiger partial charge in [0.05, 0.1) is 6.04 Å². The molecule has 1 atom stereocenters. The predicted molar refractivity (Wildman–Crippen MR) is 96.6 cm³/mol. The number of carbonyl (C=O) groups is 2. The Morgan fingerprint density at radius 3 is 2.54 bits per heavy atom.